The summed E-state index contributed by atoms with van der Waals surface area (Å²) < 4.78 is 8.34. The highest BCUT2D eigenvalue weighted by Gasteiger charge is 2.28. The molecule has 204 valence electrons. The highest BCUT2D eigenvalue weighted by molar-refractivity contribution is 6.08. The second kappa shape index (κ2) is 12.2. The Balaban J connectivity index is 1.14. The molecule has 1 aromatic heterocycles. The highest BCUT2D eigenvalue weighted by atomic mass is 16.5. The lowest BCUT2D eigenvalue weighted by Crippen LogP contribution is -2.49. The van der Waals surface area contributed by atoms with Gasteiger partial charge in [-0.15, -0.1) is 0 Å². The number of carbonyl (C=O) groups is 1. The number of fused-ring (bicyclic) bond motifs is 1. The monoisotopic (exact) mass is 516 g/mol. The van der Waals surface area contributed by atoms with Crippen LogP contribution in [0.4, 0.5) is 5.69 Å². The standard InChI is InChI=1S/C32H44N4O2/c1-4-29-31(28-12-6-7-13-30(28)36(29)5-2)32(37)35-22-20-34(21-23-35)26-14-16-27(17-15-26)38-24-10-19-33-18-9-8-11-25(33)3/h6-7,12-17,25H,4-5,8-11,18-24H2,1-3H3. The first kappa shape index (κ1) is 26.6. The molecule has 2 aliphatic heterocycles. The molecule has 0 spiro atoms. The molecule has 0 radical (unpaired) electrons. The van der Waals surface area contributed by atoms with Crippen molar-refractivity contribution in [3.63, 3.8) is 0 Å². The molecule has 2 fully saturated rings. The second-order valence-electron chi connectivity index (χ2n) is 10.8. The minimum atomic E-state index is 0.174. The van der Waals surface area contributed by atoms with Crippen molar-refractivity contribution in [2.45, 2.75) is 65.5 Å². The molecule has 38 heavy (non-hydrogen) atoms. The van der Waals surface area contributed by atoms with Gasteiger partial charge in [0.2, 0.25) is 0 Å². The lowest BCUT2D eigenvalue weighted by atomic mass is 10.0. The molecule has 6 heteroatoms. The molecule has 3 heterocycles. The first-order valence-corrected chi connectivity index (χ1v) is 14.7. The van der Waals surface area contributed by atoms with E-state index in [0.29, 0.717) is 6.04 Å². The molecule has 0 aliphatic carbocycles. The van der Waals surface area contributed by atoms with Crippen LogP contribution in [0.1, 0.15) is 62.5 Å². The molecular formula is C32H44N4O2. The number of ether oxygens (including phenoxy) is 1. The van der Waals surface area contributed by atoms with E-state index in [1.54, 1.807) is 0 Å². The molecule has 0 saturated carbocycles. The summed E-state index contributed by atoms with van der Waals surface area (Å²) in [6, 6.07) is 17.5. The van der Waals surface area contributed by atoms with Crippen LogP contribution in [-0.2, 0) is 13.0 Å². The number of rotatable bonds is 9. The van der Waals surface area contributed by atoms with Gasteiger partial charge in [0.15, 0.2) is 0 Å². The molecule has 2 saturated heterocycles. The predicted molar refractivity (Wildman–Crippen MR) is 157 cm³/mol. The first-order valence-electron chi connectivity index (χ1n) is 14.7. The van der Waals surface area contributed by atoms with E-state index < -0.39 is 0 Å². The number of anilines is 1. The second-order valence-corrected chi connectivity index (χ2v) is 10.8. The maximum Gasteiger partial charge on any atom is 0.256 e. The van der Waals surface area contributed by atoms with Crippen molar-refractivity contribution in [2.24, 2.45) is 0 Å². The van der Waals surface area contributed by atoms with E-state index in [0.717, 1.165) is 86.6 Å². The molecule has 1 unspecified atom stereocenters. The van der Waals surface area contributed by atoms with Gasteiger partial charge in [-0.05, 0) is 76.4 Å². The lowest BCUT2D eigenvalue weighted by molar-refractivity contribution is 0.0747. The zero-order valence-corrected chi connectivity index (χ0v) is 23.5. The van der Waals surface area contributed by atoms with Crippen LogP contribution in [-0.4, -0.2) is 72.2 Å². The fourth-order valence-electron chi connectivity index (χ4n) is 6.35. The molecule has 2 aromatic carbocycles. The molecular weight excluding hydrogens is 472 g/mol. The number of piperidine rings is 1. The predicted octanol–water partition coefficient (Wildman–Crippen LogP) is 5.83. The molecule has 1 amide bonds. The third-order valence-electron chi connectivity index (χ3n) is 8.51. The van der Waals surface area contributed by atoms with Gasteiger partial charge in [0, 0.05) is 67.6 Å². The van der Waals surface area contributed by atoms with Gasteiger partial charge in [0.1, 0.15) is 5.75 Å². The number of aromatic nitrogens is 1. The number of carbonyl (C=O) groups excluding carboxylic acids is 1. The average Bonchev–Trinajstić information content (AvgIpc) is 3.29. The summed E-state index contributed by atoms with van der Waals surface area (Å²) in [5, 5.41) is 1.08. The van der Waals surface area contributed by atoms with Crippen molar-refractivity contribution in [1.82, 2.24) is 14.4 Å². The number of hydrogen-bond donors (Lipinski definition) is 0. The number of likely N-dealkylation sites (tertiary alicyclic amines) is 1. The normalized spacial score (nSPS) is 18.8. The molecule has 2 aliphatic rings. The molecule has 5 rings (SSSR count). The Hall–Kier alpha value is -2.99. The lowest BCUT2D eigenvalue weighted by Gasteiger charge is -2.36. The molecule has 1 atom stereocenters. The fourth-order valence-corrected chi connectivity index (χ4v) is 6.35. The molecule has 0 bridgehead atoms. The Morgan fingerprint density at radius 1 is 0.947 bits per heavy atom. The van der Waals surface area contributed by atoms with Gasteiger partial charge < -0.3 is 24.0 Å². The van der Waals surface area contributed by atoms with Gasteiger partial charge in [-0.1, -0.05) is 31.5 Å². The Morgan fingerprint density at radius 3 is 2.42 bits per heavy atom. The first-order chi connectivity index (χ1) is 18.6. The number of benzene rings is 2. The van der Waals surface area contributed by atoms with E-state index in [1.807, 2.05) is 11.0 Å². The van der Waals surface area contributed by atoms with Gasteiger partial charge in [0.25, 0.3) is 5.91 Å². The summed E-state index contributed by atoms with van der Waals surface area (Å²) in [6.07, 6.45) is 5.95. The molecule has 6 nitrogen and oxygen atoms in total. The van der Waals surface area contributed by atoms with Crippen LogP contribution in [0.3, 0.4) is 0 Å². The number of para-hydroxylation sites is 1. The third-order valence-corrected chi connectivity index (χ3v) is 8.51. The summed E-state index contributed by atoms with van der Waals surface area (Å²) in [6.45, 7) is 13.8. The van der Waals surface area contributed by atoms with Gasteiger partial charge in [-0.3, -0.25) is 4.79 Å². The van der Waals surface area contributed by atoms with Crippen molar-refractivity contribution in [3.05, 3.63) is 59.8 Å². The number of nitrogens with zero attached hydrogens (tertiary/aromatic N) is 4. The van der Waals surface area contributed by atoms with E-state index in [4.69, 9.17) is 4.74 Å². The van der Waals surface area contributed by atoms with Crippen LogP contribution in [0.25, 0.3) is 10.9 Å². The molecule has 3 aromatic rings. The average molecular weight is 517 g/mol. The number of amides is 1. The van der Waals surface area contributed by atoms with E-state index >= 15 is 0 Å². The SMILES string of the molecule is CCc1c(C(=O)N2CCN(c3ccc(OCCCN4CCCCC4C)cc3)CC2)c2ccccc2n1CC. The van der Waals surface area contributed by atoms with Crippen LogP contribution < -0.4 is 9.64 Å². The van der Waals surface area contributed by atoms with Gasteiger partial charge in [-0.2, -0.15) is 0 Å². The van der Waals surface area contributed by atoms with Crippen LogP contribution in [0, 0.1) is 0 Å². The minimum Gasteiger partial charge on any atom is -0.494 e. The summed E-state index contributed by atoms with van der Waals surface area (Å²) in [7, 11) is 0. The third kappa shape index (κ3) is 5.56. The van der Waals surface area contributed by atoms with Crippen LogP contribution >= 0.6 is 0 Å². The van der Waals surface area contributed by atoms with Crippen molar-refractivity contribution in [1.29, 1.82) is 0 Å². The van der Waals surface area contributed by atoms with Crippen LogP contribution in [0.5, 0.6) is 5.75 Å². The van der Waals surface area contributed by atoms with Crippen molar-refractivity contribution < 1.29 is 9.53 Å². The van der Waals surface area contributed by atoms with E-state index in [1.165, 1.54) is 31.5 Å². The Kier molecular flexibility index (Phi) is 8.58. The van der Waals surface area contributed by atoms with E-state index in [-0.39, 0.29) is 5.91 Å². The van der Waals surface area contributed by atoms with Gasteiger partial charge in [0.05, 0.1) is 12.2 Å². The minimum absolute atomic E-state index is 0.174. The zero-order valence-electron chi connectivity index (χ0n) is 23.5. The maximum atomic E-state index is 13.7. The largest absolute Gasteiger partial charge is 0.494 e. The highest BCUT2D eigenvalue weighted by Crippen LogP contribution is 2.29. The van der Waals surface area contributed by atoms with Crippen molar-refractivity contribution >= 4 is 22.5 Å². The van der Waals surface area contributed by atoms with E-state index in [9.17, 15) is 4.79 Å². The topological polar surface area (TPSA) is 41.0 Å². The Bertz CT molecular complexity index is 1210. The van der Waals surface area contributed by atoms with Crippen molar-refractivity contribution in [2.75, 3.05) is 50.8 Å². The van der Waals surface area contributed by atoms with Crippen molar-refractivity contribution in [3.8, 4) is 5.75 Å². The number of piperazine rings is 1. The van der Waals surface area contributed by atoms with Gasteiger partial charge >= 0.3 is 0 Å². The molecule has 0 N–H and O–H groups in total. The smallest absolute Gasteiger partial charge is 0.256 e. The Morgan fingerprint density at radius 2 is 1.71 bits per heavy atom. The number of aryl methyl sites for hydroxylation is 1. The quantitative estimate of drug-likeness (QED) is 0.336. The summed E-state index contributed by atoms with van der Waals surface area (Å²) >= 11 is 0. The van der Waals surface area contributed by atoms with Gasteiger partial charge in [-0.25, -0.2) is 0 Å². The van der Waals surface area contributed by atoms with Crippen LogP contribution in [0.15, 0.2) is 48.5 Å². The Labute approximate surface area is 228 Å². The zero-order chi connectivity index (χ0) is 26.5. The maximum absolute atomic E-state index is 13.7. The summed E-state index contributed by atoms with van der Waals surface area (Å²) in [4.78, 5) is 20.7. The van der Waals surface area contributed by atoms with E-state index in [2.05, 4.69) is 77.6 Å². The summed E-state index contributed by atoms with van der Waals surface area (Å²) in [5.41, 5.74) is 4.41. The summed E-state index contributed by atoms with van der Waals surface area (Å²) in [5.74, 6) is 1.11. The number of hydrogen-bond acceptors (Lipinski definition) is 4. The van der Waals surface area contributed by atoms with Crippen LogP contribution in [0.2, 0.25) is 0 Å². The fraction of sp³-hybridized carbons (Fsp3) is 0.531.